The van der Waals surface area contributed by atoms with E-state index in [9.17, 15) is 4.79 Å². The smallest absolute Gasteiger partial charge is 0.252 e. The minimum atomic E-state index is -0.129. The van der Waals surface area contributed by atoms with Crippen molar-refractivity contribution in [3.05, 3.63) is 33.8 Å². The topological polar surface area (TPSA) is 29.1 Å². The van der Waals surface area contributed by atoms with E-state index in [1.54, 1.807) is 18.2 Å². The molecule has 1 saturated carbocycles. The van der Waals surface area contributed by atoms with Gasteiger partial charge >= 0.3 is 0 Å². The van der Waals surface area contributed by atoms with Crippen LogP contribution in [0.4, 0.5) is 0 Å². The number of carbonyl (C=O) groups is 1. The Morgan fingerprint density at radius 2 is 2.00 bits per heavy atom. The molecular formula is C15H19Cl2NOS. The molecule has 0 heterocycles. The second-order valence-electron chi connectivity index (χ2n) is 5.01. The number of nitrogens with one attached hydrogen (secondary N) is 1. The maximum Gasteiger partial charge on any atom is 0.252 e. The van der Waals surface area contributed by atoms with Crippen LogP contribution in [0.2, 0.25) is 10.0 Å². The van der Waals surface area contributed by atoms with E-state index in [2.05, 4.69) is 5.32 Å². The van der Waals surface area contributed by atoms with Gasteiger partial charge in [0.2, 0.25) is 0 Å². The number of thioether (sulfide) groups is 1. The van der Waals surface area contributed by atoms with E-state index in [-0.39, 0.29) is 5.91 Å². The minimum Gasteiger partial charge on any atom is -0.351 e. The Morgan fingerprint density at radius 1 is 1.25 bits per heavy atom. The molecule has 0 saturated heterocycles. The van der Waals surface area contributed by atoms with Crippen LogP contribution < -0.4 is 5.32 Å². The van der Waals surface area contributed by atoms with E-state index in [0.717, 1.165) is 11.0 Å². The van der Waals surface area contributed by atoms with Crippen molar-refractivity contribution < 1.29 is 4.79 Å². The summed E-state index contributed by atoms with van der Waals surface area (Å²) in [6.45, 7) is 0.680. The number of rotatable bonds is 5. The van der Waals surface area contributed by atoms with E-state index in [1.165, 1.54) is 32.1 Å². The first kappa shape index (κ1) is 16.0. The van der Waals surface area contributed by atoms with Gasteiger partial charge in [-0.3, -0.25) is 4.79 Å². The van der Waals surface area contributed by atoms with E-state index >= 15 is 0 Å². The summed E-state index contributed by atoms with van der Waals surface area (Å²) < 4.78 is 0. The molecule has 20 heavy (non-hydrogen) atoms. The molecule has 0 aliphatic heterocycles. The summed E-state index contributed by atoms with van der Waals surface area (Å²) in [7, 11) is 0. The second-order valence-corrected chi connectivity index (χ2v) is 7.26. The quantitative estimate of drug-likeness (QED) is 0.786. The Morgan fingerprint density at radius 3 is 2.70 bits per heavy atom. The zero-order valence-corrected chi connectivity index (χ0v) is 13.7. The fourth-order valence-corrected chi connectivity index (χ4v) is 4.11. The zero-order valence-electron chi connectivity index (χ0n) is 11.3. The summed E-state index contributed by atoms with van der Waals surface area (Å²) in [5, 5.41) is 4.63. The molecule has 0 unspecified atom stereocenters. The number of halogens is 2. The number of hydrogen-bond acceptors (Lipinski definition) is 2. The number of amides is 1. The molecule has 0 aromatic heterocycles. The Labute approximate surface area is 134 Å². The van der Waals surface area contributed by atoms with Gasteiger partial charge in [-0.2, -0.15) is 11.8 Å². The van der Waals surface area contributed by atoms with E-state index < -0.39 is 0 Å². The SMILES string of the molecule is O=C(NCCSC1CCCCC1)c1ccc(Cl)cc1Cl. The first-order valence-electron chi connectivity index (χ1n) is 7.01. The van der Waals surface area contributed by atoms with E-state index in [4.69, 9.17) is 23.2 Å². The molecule has 2 nitrogen and oxygen atoms in total. The van der Waals surface area contributed by atoms with Crippen LogP contribution in [0, 0.1) is 0 Å². The first-order chi connectivity index (χ1) is 9.66. The summed E-state index contributed by atoms with van der Waals surface area (Å²) in [4.78, 5) is 12.0. The van der Waals surface area contributed by atoms with Crippen LogP contribution in [0.25, 0.3) is 0 Å². The van der Waals surface area contributed by atoms with Crippen molar-refractivity contribution in [2.45, 2.75) is 37.4 Å². The van der Waals surface area contributed by atoms with Crippen molar-refractivity contribution in [2.75, 3.05) is 12.3 Å². The molecule has 1 aliphatic rings. The third-order valence-electron chi connectivity index (χ3n) is 3.47. The monoisotopic (exact) mass is 331 g/mol. The first-order valence-corrected chi connectivity index (χ1v) is 8.82. The van der Waals surface area contributed by atoms with Crippen molar-refractivity contribution in [2.24, 2.45) is 0 Å². The minimum absolute atomic E-state index is 0.129. The van der Waals surface area contributed by atoms with Crippen molar-refractivity contribution in [3.63, 3.8) is 0 Å². The summed E-state index contributed by atoms with van der Waals surface area (Å²) in [6, 6.07) is 4.93. The highest BCUT2D eigenvalue weighted by molar-refractivity contribution is 7.99. The molecule has 0 bridgehead atoms. The Kier molecular flexibility index (Phi) is 6.53. The molecule has 1 amide bonds. The average Bonchev–Trinajstić information content (AvgIpc) is 2.44. The van der Waals surface area contributed by atoms with Gasteiger partial charge in [0.05, 0.1) is 10.6 Å². The largest absolute Gasteiger partial charge is 0.351 e. The molecule has 0 radical (unpaired) electrons. The van der Waals surface area contributed by atoms with Gasteiger partial charge in [-0.05, 0) is 31.0 Å². The molecular weight excluding hydrogens is 313 g/mol. The number of benzene rings is 1. The van der Waals surface area contributed by atoms with Crippen LogP contribution in [-0.4, -0.2) is 23.5 Å². The lowest BCUT2D eigenvalue weighted by atomic mass is 10.0. The Hall–Kier alpha value is -0.380. The third-order valence-corrected chi connectivity index (χ3v) is 5.40. The maximum atomic E-state index is 12.0. The van der Waals surface area contributed by atoms with Crippen molar-refractivity contribution in [3.8, 4) is 0 Å². The third kappa shape index (κ3) is 4.87. The van der Waals surface area contributed by atoms with Gasteiger partial charge in [0.25, 0.3) is 5.91 Å². The molecule has 1 N–H and O–H groups in total. The molecule has 1 fully saturated rings. The van der Waals surface area contributed by atoms with E-state index in [1.807, 2.05) is 11.8 Å². The normalized spacial score (nSPS) is 16.1. The molecule has 0 spiro atoms. The highest BCUT2D eigenvalue weighted by atomic mass is 35.5. The molecule has 5 heteroatoms. The zero-order chi connectivity index (χ0) is 14.4. The lowest BCUT2D eigenvalue weighted by Gasteiger charge is -2.20. The van der Waals surface area contributed by atoms with Gasteiger partial charge in [0, 0.05) is 22.6 Å². The second kappa shape index (κ2) is 8.16. The van der Waals surface area contributed by atoms with Crippen molar-refractivity contribution in [1.82, 2.24) is 5.32 Å². The van der Waals surface area contributed by atoms with Crippen LogP contribution in [0.15, 0.2) is 18.2 Å². The van der Waals surface area contributed by atoms with Gasteiger partial charge in [-0.15, -0.1) is 0 Å². The molecule has 110 valence electrons. The van der Waals surface area contributed by atoms with Crippen LogP contribution in [0.1, 0.15) is 42.5 Å². The maximum absolute atomic E-state index is 12.0. The summed E-state index contributed by atoms with van der Waals surface area (Å²) >= 11 is 13.8. The van der Waals surface area contributed by atoms with Crippen LogP contribution in [-0.2, 0) is 0 Å². The van der Waals surface area contributed by atoms with Crippen molar-refractivity contribution in [1.29, 1.82) is 0 Å². The van der Waals surface area contributed by atoms with Crippen molar-refractivity contribution >= 4 is 40.9 Å². The number of hydrogen-bond donors (Lipinski definition) is 1. The Bertz CT molecular complexity index is 461. The van der Waals surface area contributed by atoms with Gasteiger partial charge in [0.15, 0.2) is 0 Å². The predicted octanol–water partition coefficient (Wildman–Crippen LogP) is 4.79. The van der Waals surface area contributed by atoms with Gasteiger partial charge in [-0.25, -0.2) is 0 Å². The van der Waals surface area contributed by atoms with Gasteiger partial charge < -0.3 is 5.32 Å². The average molecular weight is 332 g/mol. The van der Waals surface area contributed by atoms with Gasteiger partial charge in [0.1, 0.15) is 0 Å². The molecule has 0 atom stereocenters. The van der Waals surface area contributed by atoms with E-state index in [0.29, 0.717) is 22.2 Å². The summed E-state index contributed by atoms with van der Waals surface area (Å²) in [6.07, 6.45) is 6.72. The molecule has 2 rings (SSSR count). The standard InChI is InChI=1S/C15H19Cl2NOS/c16-11-6-7-13(14(17)10-11)15(19)18-8-9-20-12-4-2-1-3-5-12/h6-7,10,12H,1-5,8-9H2,(H,18,19). The lowest BCUT2D eigenvalue weighted by molar-refractivity contribution is 0.0956. The predicted molar refractivity (Wildman–Crippen MR) is 88.1 cm³/mol. The molecule has 1 aromatic rings. The van der Waals surface area contributed by atoms with Gasteiger partial charge in [-0.1, -0.05) is 42.5 Å². The lowest BCUT2D eigenvalue weighted by Crippen LogP contribution is -2.26. The Balaban J connectivity index is 1.72. The van der Waals surface area contributed by atoms with Crippen LogP contribution in [0.3, 0.4) is 0 Å². The highest BCUT2D eigenvalue weighted by Crippen LogP contribution is 2.27. The summed E-state index contributed by atoms with van der Waals surface area (Å²) in [5.41, 5.74) is 0.485. The summed E-state index contributed by atoms with van der Waals surface area (Å²) in [5.74, 6) is 0.831. The van der Waals surface area contributed by atoms with Crippen LogP contribution >= 0.6 is 35.0 Å². The highest BCUT2D eigenvalue weighted by Gasteiger charge is 2.14. The molecule has 1 aromatic carbocycles. The number of carbonyl (C=O) groups excluding carboxylic acids is 1. The molecule has 1 aliphatic carbocycles. The fourth-order valence-electron chi connectivity index (χ4n) is 2.39. The van der Waals surface area contributed by atoms with Crippen LogP contribution in [0.5, 0.6) is 0 Å². The fraction of sp³-hybridized carbons (Fsp3) is 0.533.